The summed E-state index contributed by atoms with van der Waals surface area (Å²) >= 11 is 0. The highest BCUT2D eigenvalue weighted by molar-refractivity contribution is 5.94. The molecule has 128 valence electrons. The lowest BCUT2D eigenvalue weighted by Crippen LogP contribution is -2.45. The second-order valence-corrected chi connectivity index (χ2v) is 5.55. The van der Waals surface area contributed by atoms with Gasteiger partial charge in [0.2, 0.25) is 0 Å². The molecule has 2 N–H and O–H groups in total. The van der Waals surface area contributed by atoms with Crippen molar-refractivity contribution in [1.82, 2.24) is 10.6 Å². The Kier molecular flexibility index (Phi) is 4.70. The summed E-state index contributed by atoms with van der Waals surface area (Å²) in [5.41, 5.74) is 1.55. The summed E-state index contributed by atoms with van der Waals surface area (Å²) in [7, 11) is 1.31. The number of hydrogen-bond donors (Lipinski definition) is 2. The van der Waals surface area contributed by atoms with Gasteiger partial charge in [-0.3, -0.25) is 0 Å². The molecule has 0 saturated carbocycles. The van der Waals surface area contributed by atoms with Crippen LogP contribution in [0, 0.1) is 0 Å². The van der Waals surface area contributed by atoms with Gasteiger partial charge in [-0.25, -0.2) is 9.59 Å². The summed E-state index contributed by atoms with van der Waals surface area (Å²) in [6.45, 7) is 1.67. The van der Waals surface area contributed by atoms with Crippen molar-refractivity contribution in [2.24, 2.45) is 0 Å². The molecule has 2 aromatic rings. The number of allylic oxidation sites excluding steroid dienone is 1. The number of methoxy groups -OCH3 is 1. The molecule has 2 aromatic carbocycles. The molecular formula is C19H18N2O4. The molecule has 6 heteroatoms. The highest BCUT2D eigenvalue weighted by Crippen LogP contribution is 2.30. The minimum Gasteiger partial charge on any atom is -0.466 e. The number of para-hydroxylation sites is 1. The Morgan fingerprint density at radius 3 is 2.48 bits per heavy atom. The van der Waals surface area contributed by atoms with E-state index in [2.05, 4.69) is 10.6 Å². The van der Waals surface area contributed by atoms with E-state index in [0.717, 1.165) is 5.56 Å². The average molecular weight is 338 g/mol. The van der Waals surface area contributed by atoms with Crippen LogP contribution in [0.2, 0.25) is 0 Å². The number of ether oxygens (including phenoxy) is 2. The smallest absolute Gasteiger partial charge is 0.337 e. The van der Waals surface area contributed by atoms with E-state index in [1.807, 2.05) is 48.5 Å². The molecule has 3 rings (SSSR count). The molecule has 0 radical (unpaired) electrons. The van der Waals surface area contributed by atoms with Gasteiger partial charge in [0, 0.05) is 5.70 Å². The number of amides is 2. The van der Waals surface area contributed by atoms with Gasteiger partial charge in [0.15, 0.2) is 0 Å². The molecule has 2 amide bonds. The van der Waals surface area contributed by atoms with Crippen molar-refractivity contribution >= 4 is 12.0 Å². The third-order valence-corrected chi connectivity index (χ3v) is 3.84. The standard InChI is InChI=1S/C19H18N2O4/c1-12-16(18(22)24-2)17(21-19(23)20-12)13-7-6-10-15(11-13)25-14-8-4-3-5-9-14/h3-11,17H,1-2H3,(H2,20,21,23)/t17-/m0/s1. The molecule has 0 fully saturated rings. The average Bonchev–Trinajstić information content (AvgIpc) is 2.61. The van der Waals surface area contributed by atoms with Crippen LogP contribution in [-0.4, -0.2) is 19.1 Å². The predicted molar refractivity (Wildman–Crippen MR) is 92.1 cm³/mol. The Bertz CT molecular complexity index is 830. The number of hydrogen-bond acceptors (Lipinski definition) is 4. The van der Waals surface area contributed by atoms with Gasteiger partial charge in [-0.15, -0.1) is 0 Å². The first kappa shape index (κ1) is 16.6. The topological polar surface area (TPSA) is 76.7 Å². The van der Waals surface area contributed by atoms with Crippen LogP contribution in [0.25, 0.3) is 0 Å². The number of urea groups is 1. The number of nitrogens with one attached hydrogen (secondary N) is 2. The van der Waals surface area contributed by atoms with Gasteiger partial charge in [0.05, 0.1) is 18.7 Å². The van der Waals surface area contributed by atoms with Gasteiger partial charge in [-0.1, -0.05) is 30.3 Å². The molecule has 1 aliphatic heterocycles. The summed E-state index contributed by atoms with van der Waals surface area (Å²) in [5, 5.41) is 5.35. The summed E-state index contributed by atoms with van der Waals surface area (Å²) in [6, 6.07) is 15.6. The second kappa shape index (κ2) is 7.09. The van der Waals surface area contributed by atoms with Crippen molar-refractivity contribution in [3.63, 3.8) is 0 Å². The van der Waals surface area contributed by atoms with E-state index in [4.69, 9.17) is 9.47 Å². The number of carbonyl (C=O) groups excluding carboxylic acids is 2. The van der Waals surface area contributed by atoms with Crippen molar-refractivity contribution in [2.45, 2.75) is 13.0 Å². The van der Waals surface area contributed by atoms with E-state index >= 15 is 0 Å². The normalized spacial score (nSPS) is 16.7. The third-order valence-electron chi connectivity index (χ3n) is 3.84. The number of carbonyl (C=O) groups is 2. The molecule has 25 heavy (non-hydrogen) atoms. The third kappa shape index (κ3) is 3.63. The van der Waals surface area contributed by atoms with Crippen molar-refractivity contribution in [1.29, 1.82) is 0 Å². The van der Waals surface area contributed by atoms with E-state index in [1.165, 1.54) is 7.11 Å². The maximum atomic E-state index is 12.1. The molecule has 1 heterocycles. The van der Waals surface area contributed by atoms with Crippen LogP contribution >= 0.6 is 0 Å². The highest BCUT2D eigenvalue weighted by Gasteiger charge is 2.31. The van der Waals surface area contributed by atoms with Gasteiger partial charge in [-0.2, -0.15) is 0 Å². The Hall–Kier alpha value is -3.28. The van der Waals surface area contributed by atoms with Crippen LogP contribution in [0.5, 0.6) is 11.5 Å². The van der Waals surface area contributed by atoms with Crippen molar-refractivity contribution < 1.29 is 19.1 Å². The van der Waals surface area contributed by atoms with E-state index < -0.39 is 12.0 Å². The Labute approximate surface area is 145 Å². The predicted octanol–water partition coefficient (Wildman–Crippen LogP) is 3.28. The number of esters is 1. The van der Waals surface area contributed by atoms with E-state index in [1.54, 1.807) is 13.0 Å². The largest absolute Gasteiger partial charge is 0.466 e. The van der Waals surface area contributed by atoms with Crippen LogP contribution in [0.15, 0.2) is 65.9 Å². The fourth-order valence-corrected chi connectivity index (χ4v) is 2.71. The first-order valence-electron chi connectivity index (χ1n) is 7.78. The summed E-state index contributed by atoms with van der Waals surface area (Å²) in [4.78, 5) is 24.0. The van der Waals surface area contributed by atoms with Crippen LogP contribution in [0.3, 0.4) is 0 Å². The van der Waals surface area contributed by atoms with Crippen LogP contribution in [0.1, 0.15) is 18.5 Å². The quantitative estimate of drug-likeness (QED) is 0.839. The van der Waals surface area contributed by atoms with Crippen molar-refractivity contribution in [2.75, 3.05) is 7.11 Å². The van der Waals surface area contributed by atoms with Crippen LogP contribution in [0.4, 0.5) is 4.79 Å². The SMILES string of the molecule is COC(=O)C1=C(C)NC(=O)N[C@H]1c1cccc(Oc2ccccc2)c1. The molecular weight excluding hydrogens is 320 g/mol. The van der Waals surface area contributed by atoms with E-state index in [-0.39, 0.29) is 6.03 Å². The number of rotatable bonds is 4. The van der Waals surface area contributed by atoms with Crippen molar-refractivity contribution in [3.8, 4) is 11.5 Å². The monoisotopic (exact) mass is 338 g/mol. The van der Waals surface area contributed by atoms with Gasteiger partial charge in [-0.05, 0) is 36.8 Å². The molecule has 0 aromatic heterocycles. The van der Waals surface area contributed by atoms with Gasteiger partial charge < -0.3 is 20.1 Å². The maximum absolute atomic E-state index is 12.1. The Balaban J connectivity index is 1.94. The maximum Gasteiger partial charge on any atom is 0.337 e. The first-order chi connectivity index (χ1) is 12.1. The summed E-state index contributed by atoms with van der Waals surface area (Å²) in [5.74, 6) is 0.816. The molecule has 1 aliphatic rings. The van der Waals surface area contributed by atoms with Gasteiger partial charge in [0.1, 0.15) is 11.5 Å². The van der Waals surface area contributed by atoms with Gasteiger partial charge >= 0.3 is 12.0 Å². The minimum atomic E-state index is -0.611. The lowest BCUT2D eigenvalue weighted by Gasteiger charge is -2.28. The second-order valence-electron chi connectivity index (χ2n) is 5.55. The Morgan fingerprint density at radius 2 is 1.76 bits per heavy atom. The summed E-state index contributed by atoms with van der Waals surface area (Å²) < 4.78 is 10.7. The number of benzene rings is 2. The zero-order valence-corrected chi connectivity index (χ0v) is 13.9. The first-order valence-corrected chi connectivity index (χ1v) is 7.78. The van der Waals surface area contributed by atoms with Gasteiger partial charge in [0.25, 0.3) is 0 Å². The molecule has 0 spiro atoms. The zero-order valence-electron chi connectivity index (χ0n) is 13.9. The molecule has 0 saturated heterocycles. The van der Waals surface area contributed by atoms with Crippen LogP contribution < -0.4 is 15.4 Å². The van der Waals surface area contributed by atoms with E-state index in [0.29, 0.717) is 22.8 Å². The lowest BCUT2D eigenvalue weighted by molar-refractivity contribution is -0.136. The molecule has 6 nitrogen and oxygen atoms in total. The molecule has 0 bridgehead atoms. The minimum absolute atomic E-state index is 0.360. The summed E-state index contributed by atoms with van der Waals surface area (Å²) in [6.07, 6.45) is 0. The lowest BCUT2D eigenvalue weighted by atomic mass is 9.95. The Morgan fingerprint density at radius 1 is 1.04 bits per heavy atom. The molecule has 0 unspecified atom stereocenters. The fourth-order valence-electron chi connectivity index (χ4n) is 2.71. The van der Waals surface area contributed by atoms with E-state index in [9.17, 15) is 9.59 Å². The zero-order chi connectivity index (χ0) is 17.8. The van der Waals surface area contributed by atoms with Crippen molar-refractivity contribution in [3.05, 3.63) is 71.4 Å². The van der Waals surface area contributed by atoms with Crippen LogP contribution in [-0.2, 0) is 9.53 Å². The highest BCUT2D eigenvalue weighted by atomic mass is 16.5. The molecule has 0 aliphatic carbocycles. The fraction of sp³-hybridized carbons (Fsp3) is 0.158. The molecule has 1 atom stereocenters.